The highest BCUT2D eigenvalue weighted by Crippen LogP contribution is 2.50. The Kier molecular flexibility index (Phi) is 8.80. The smallest absolute Gasteiger partial charge is 0.344 e. The lowest BCUT2D eigenvalue weighted by molar-refractivity contribution is 0.124. The van der Waals surface area contributed by atoms with Crippen molar-refractivity contribution in [3.05, 3.63) is 0 Å². The van der Waals surface area contributed by atoms with Crippen LogP contribution in [-0.2, 0) is 8.85 Å². The molecule has 0 aromatic heterocycles. The third-order valence-electron chi connectivity index (χ3n) is 6.23. The van der Waals surface area contributed by atoms with E-state index in [1.165, 1.54) is 64.2 Å². The maximum atomic E-state index is 6.89. The minimum Gasteiger partial charge on any atom is -0.394 e. The van der Waals surface area contributed by atoms with Gasteiger partial charge in [0.1, 0.15) is 0 Å². The molecule has 3 atom stereocenters. The minimum atomic E-state index is -2.12. The van der Waals surface area contributed by atoms with E-state index in [1.807, 2.05) is 0 Å². The van der Waals surface area contributed by atoms with Gasteiger partial charge in [-0.3, -0.25) is 0 Å². The fourth-order valence-electron chi connectivity index (χ4n) is 4.87. The standard InChI is InChI=1S/C21H42O2Si/c1-5-15-22-24(23-16-14-18(2)3,20-11-7-6-8-12-20)21-13-9-10-19(4)17-21/h18-21H,5-17H2,1-4H3. The summed E-state index contributed by atoms with van der Waals surface area (Å²) < 4.78 is 13.7. The summed E-state index contributed by atoms with van der Waals surface area (Å²) in [6.07, 6.45) is 14.7. The predicted molar refractivity (Wildman–Crippen MR) is 106 cm³/mol. The highest BCUT2D eigenvalue weighted by atomic mass is 28.4. The van der Waals surface area contributed by atoms with Crippen LogP contribution >= 0.6 is 0 Å². The molecule has 24 heavy (non-hydrogen) atoms. The van der Waals surface area contributed by atoms with Crippen LogP contribution in [0, 0.1) is 11.8 Å². The van der Waals surface area contributed by atoms with Gasteiger partial charge in [0, 0.05) is 24.3 Å². The van der Waals surface area contributed by atoms with Gasteiger partial charge in [-0.1, -0.05) is 59.8 Å². The lowest BCUT2D eigenvalue weighted by Gasteiger charge is -2.46. The van der Waals surface area contributed by atoms with Crippen LogP contribution in [0.3, 0.4) is 0 Å². The molecule has 2 fully saturated rings. The van der Waals surface area contributed by atoms with Crippen LogP contribution in [0.15, 0.2) is 0 Å². The summed E-state index contributed by atoms with van der Waals surface area (Å²) in [5.74, 6) is 1.58. The second kappa shape index (κ2) is 10.3. The molecule has 0 aromatic rings. The number of hydrogen-bond donors (Lipinski definition) is 0. The van der Waals surface area contributed by atoms with E-state index in [4.69, 9.17) is 8.85 Å². The summed E-state index contributed by atoms with van der Waals surface area (Å²) in [6, 6.07) is 0. The fraction of sp³-hybridized carbons (Fsp3) is 1.00. The van der Waals surface area contributed by atoms with E-state index >= 15 is 0 Å². The molecule has 2 rings (SSSR count). The van der Waals surface area contributed by atoms with Crippen LogP contribution in [0.2, 0.25) is 11.1 Å². The molecule has 0 amide bonds. The van der Waals surface area contributed by atoms with Crippen molar-refractivity contribution in [2.45, 2.75) is 109 Å². The highest BCUT2D eigenvalue weighted by molar-refractivity contribution is 6.70. The Morgan fingerprint density at radius 3 is 2.17 bits per heavy atom. The number of hydrogen-bond acceptors (Lipinski definition) is 2. The summed E-state index contributed by atoms with van der Waals surface area (Å²) in [5, 5.41) is 0. The molecule has 0 heterocycles. The van der Waals surface area contributed by atoms with Crippen molar-refractivity contribution in [1.29, 1.82) is 0 Å². The van der Waals surface area contributed by atoms with E-state index in [0.717, 1.165) is 42.6 Å². The Bertz CT molecular complexity index is 341. The Balaban J connectivity index is 2.18. The molecule has 0 saturated heterocycles. The van der Waals surface area contributed by atoms with Gasteiger partial charge in [0.25, 0.3) is 0 Å². The third kappa shape index (κ3) is 5.57. The zero-order chi connectivity index (χ0) is 17.4. The maximum Gasteiger partial charge on any atom is 0.344 e. The monoisotopic (exact) mass is 354 g/mol. The van der Waals surface area contributed by atoms with Gasteiger partial charge in [-0.2, -0.15) is 0 Å². The SMILES string of the molecule is CCCO[Si](OCCC(C)C)(C1CCCCC1)C1CCCC(C)C1. The second-order valence-electron chi connectivity index (χ2n) is 8.90. The van der Waals surface area contributed by atoms with Crippen LogP contribution in [-0.4, -0.2) is 21.8 Å². The Hall–Kier alpha value is 0.137. The van der Waals surface area contributed by atoms with E-state index in [2.05, 4.69) is 27.7 Å². The maximum absolute atomic E-state index is 6.89. The van der Waals surface area contributed by atoms with Crippen LogP contribution in [0.5, 0.6) is 0 Å². The zero-order valence-electron chi connectivity index (χ0n) is 16.8. The lowest BCUT2D eigenvalue weighted by atomic mass is 9.90. The normalized spacial score (nSPS) is 28.9. The first-order valence-electron chi connectivity index (χ1n) is 10.9. The molecule has 0 radical (unpaired) electrons. The molecule has 0 bridgehead atoms. The van der Waals surface area contributed by atoms with E-state index in [9.17, 15) is 0 Å². The molecule has 0 spiro atoms. The minimum absolute atomic E-state index is 0.722. The van der Waals surface area contributed by atoms with E-state index < -0.39 is 8.56 Å². The van der Waals surface area contributed by atoms with Gasteiger partial charge in [-0.05, 0) is 50.4 Å². The molecule has 2 aliphatic rings. The van der Waals surface area contributed by atoms with Gasteiger partial charge in [0.05, 0.1) is 0 Å². The van der Waals surface area contributed by atoms with Crippen LogP contribution in [0.4, 0.5) is 0 Å². The first-order valence-corrected chi connectivity index (χ1v) is 12.8. The molecule has 3 unspecified atom stereocenters. The van der Waals surface area contributed by atoms with Crippen LogP contribution < -0.4 is 0 Å². The van der Waals surface area contributed by atoms with E-state index in [0.29, 0.717) is 0 Å². The van der Waals surface area contributed by atoms with Crippen molar-refractivity contribution in [2.75, 3.05) is 13.2 Å². The summed E-state index contributed by atoms with van der Waals surface area (Å²) in [4.78, 5) is 0. The summed E-state index contributed by atoms with van der Waals surface area (Å²) in [7, 11) is -2.12. The van der Waals surface area contributed by atoms with Crippen LogP contribution in [0.1, 0.15) is 98.3 Å². The molecule has 0 aliphatic heterocycles. The van der Waals surface area contributed by atoms with Gasteiger partial charge in [-0.25, -0.2) is 0 Å². The Labute approximate surface area is 152 Å². The first kappa shape index (κ1) is 20.4. The summed E-state index contributed by atoms with van der Waals surface area (Å²) in [5.41, 5.74) is 1.49. The second-order valence-corrected chi connectivity index (χ2v) is 12.6. The van der Waals surface area contributed by atoms with Crippen LogP contribution in [0.25, 0.3) is 0 Å². The fourth-order valence-corrected chi connectivity index (χ4v) is 10.1. The van der Waals surface area contributed by atoms with Gasteiger partial charge < -0.3 is 8.85 Å². The lowest BCUT2D eigenvalue weighted by Crippen LogP contribution is -2.53. The third-order valence-corrected chi connectivity index (χ3v) is 10.9. The van der Waals surface area contributed by atoms with E-state index in [1.54, 1.807) is 0 Å². The van der Waals surface area contributed by atoms with E-state index in [-0.39, 0.29) is 0 Å². The average molecular weight is 355 g/mol. The molecule has 2 saturated carbocycles. The summed E-state index contributed by atoms with van der Waals surface area (Å²) in [6.45, 7) is 11.1. The van der Waals surface area contributed by atoms with Crippen molar-refractivity contribution in [1.82, 2.24) is 0 Å². The van der Waals surface area contributed by atoms with Crippen molar-refractivity contribution in [3.63, 3.8) is 0 Å². The highest BCUT2D eigenvalue weighted by Gasteiger charge is 2.53. The molecule has 2 nitrogen and oxygen atoms in total. The van der Waals surface area contributed by atoms with Crippen molar-refractivity contribution < 1.29 is 8.85 Å². The van der Waals surface area contributed by atoms with Crippen molar-refractivity contribution in [2.24, 2.45) is 11.8 Å². The number of rotatable bonds is 9. The van der Waals surface area contributed by atoms with Gasteiger partial charge >= 0.3 is 8.56 Å². The summed E-state index contributed by atoms with van der Waals surface area (Å²) >= 11 is 0. The predicted octanol–water partition coefficient (Wildman–Crippen LogP) is 6.83. The Morgan fingerprint density at radius 1 is 0.875 bits per heavy atom. The molecular formula is C21H42O2Si. The molecule has 2 aliphatic carbocycles. The topological polar surface area (TPSA) is 18.5 Å². The largest absolute Gasteiger partial charge is 0.394 e. The average Bonchev–Trinajstić information content (AvgIpc) is 2.58. The first-order chi connectivity index (χ1) is 11.6. The van der Waals surface area contributed by atoms with Crippen molar-refractivity contribution >= 4 is 8.56 Å². The molecule has 0 N–H and O–H groups in total. The van der Waals surface area contributed by atoms with Gasteiger partial charge in [-0.15, -0.1) is 0 Å². The molecular weight excluding hydrogens is 312 g/mol. The van der Waals surface area contributed by atoms with Crippen molar-refractivity contribution in [3.8, 4) is 0 Å². The Morgan fingerprint density at radius 2 is 1.54 bits per heavy atom. The quantitative estimate of drug-likeness (QED) is 0.422. The van der Waals surface area contributed by atoms with Gasteiger partial charge in [0.2, 0.25) is 0 Å². The molecule has 3 heteroatoms. The van der Waals surface area contributed by atoms with Gasteiger partial charge in [0.15, 0.2) is 0 Å². The molecule has 0 aromatic carbocycles. The molecule has 142 valence electrons. The zero-order valence-corrected chi connectivity index (χ0v) is 17.8.